The molecule has 0 spiro atoms. The second-order valence-electron chi connectivity index (χ2n) is 15.2. The lowest BCUT2D eigenvalue weighted by atomic mass is 9.80. The molecule has 258 valence electrons. The van der Waals surface area contributed by atoms with Crippen molar-refractivity contribution in [2.24, 2.45) is 5.92 Å². The summed E-state index contributed by atoms with van der Waals surface area (Å²) < 4.78 is 33.8. The van der Waals surface area contributed by atoms with Crippen LogP contribution in [0.5, 0.6) is 0 Å². The Morgan fingerprint density at radius 3 is 2.39 bits per heavy atom. The molecule has 0 bridgehead atoms. The Morgan fingerprint density at radius 2 is 1.65 bits per heavy atom. The molecule has 5 aliphatic heterocycles. The number of allylic oxidation sites excluding steroid dienone is 7. The van der Waals surface area contributed by atoms with Crippen LogP contribution in [0.3, 0.4) is 0 Å². The minimum atomic E-state index is -0.882. The van der Waals surface area contributed by atoms with Crippen molar-refractivity contribution in [3.8, 4) is 0 Å². The van der Waals surface area contributed by atoms with Crippen molar-refractivity contribution in [2.75, 3.05) is 0 Å². The zero-order valence-corrected chi connectivity index (χ0v) is 28.6. The molecular formula is C38H58O8. The Bertz CT molecular complexity index is 1140. The van der Waals surface area contributed by atoms with E-state index in [9.17, 15) is 15.0 Å². The van der Waals surface area contributed by atoms with Crippen molar-refractivity contribution >= 4 is 6.29 Å². The highest BCUT2D eigenvalue weighted by atomic mass is 16.6. The molecule has 0 saturated carbocycles. The van der Waals surface area contributed by atoms with Gasteiger partial charge < -0.3 is 33.9 Å². The molecule has 5 rings (SSSR count). The Morgan fingerprint density at radius 1 is 0.891 bits per heavy atom. The van der Waals surface area contributed by atoms with Gasteiger partial charge in [-0.2, -0.15) is 0 Å². The Labute approximate surface area is 276 Å². The third-order valence-corrected chi connectivity index (χ3v) is 11.2. The van der Waals surface area contributed by atoms with E-state index in [4.69, 9.17) is 23.7 Å². The lowest BCUT2D eigenvalue weighted by molar-refractivity contribution is -0.250. The van der Waals surface area contributed by atoms with E-state index in [1.807, 2.05) is 26.8 Å². The van der Waals surface area contributed by atoms with Gasteiger partial charge in [-0.25, -0.2) is 0 Å². The first-order valence-electron chi connectivity index (χ1n) is 17.7. The van der Waals surface area contributed by atoms with E-state index < -0.39 is 23.4 Å². The number of rotatable bonds is 9. The molecule has 13 atom stereocenters. The van der Waals surface area contributed by atoms with Gasteiger partial charge in [0.05, 0.1) is 66.1 Å². The number of carbonyl (C=O) groups is 1. The number of ether oxygens (including phenoxy) is 5. The first-order valence-corrected chi connectivity index (χ1v) is 17.7. The van der Waals surface area contributed by atoms with E-state index in [0.29, 0.717) is 31.6 Å². The number of fused-ring (bicyclic) bond motifs is 4. The Kier molecular flexibility index (Phi) is 11.8. The monoisotopic (exact) mass is 642 g/mol. The van der Waals surface area contributed by atoms with Crippen LogP contribution < -0.4 is 0 Å². The first-order chi connectivity index (χ1) is 21.9. The fourth-order valence-corrected chi connectivity index (χ4v) is 8.47. The maximum absolute atomic E-state index is 11.6. The van der Waals surface area contributed by atoms with Crippen molar-refractivity contribution in [2.45, 2.75) is 177 Å². The summed E-state index contributed by atoms with van der Waals surface area (Å²) in [6, 6.07) is 0. The second kappa shape index (κ2) is 15.3. The van der Waals surface area contributed by atoms with Crippen molar-refractivity contribution in [3.63, 3.8) is 0 Å². The summed E-state index contributed by atoms with van der Waals surface area (Å²) in [4.78, 5) is 10.8. The molecule has 0 aromatic rings. The highest BCUT2D eigenvalue weighted by Gasteiger charge is 2.55. The van der Waals surface area contributed by atoms with Crippen molar-refractivity contribution < 1.29 is 38.7 Å². The fraction of sp³-hybridized carbons (Fsp3) is 0.763. The van der Waals surface area contributed by atoms with E-state index in [1.54, 1.807) is 12.2 Å². The number of aliphatic hydroxyl groups excluding tert-OH is 1. The quantitative estimate of drug-likeness (QED) is 0.177. The fourth-order valence-electron chi connectivity index (χ4n) is 8.47. The van der Waals surface area contributed by atoms with Gasteiger partial charge in [-0.05, 0) is 90.2 Å². The van der Waals surface area contributed by atoms with Gasteiger partial charge in [0, 0.05) is 25.7 Å². The molecule has 5 heterocycles. The van der Waals surface area contributed by atoms with Crippen LogP contribution in [-0.4, -0.2) is 88.7 Å². The molecule has 5 aliphatic rings. The van der Waals surface area contributed by atoms with Crippen LogP contribution in [-0.2, 0) is 28.5 Å². The number of hydrogen-bond donors (Lipinski definition) is 2. The first kappa shape index (κ1) is 35.7. The standard InChI is InChI=1S/C38H58O8/c1-7-8-9-10-13-27-21-37(5,41)23-34-31(42-27)16-15-30-32(43-34)20-33-36(45-30)28(40)22-38(6)35(44-33)19-26(4)29(46-38)14-11-12-24(2)25(3)17-18-39/h7-9,12,17-18,26-36,40-41H,1,10-11,13-16,19-23H2,2-6H3/b9-8+,24-12+,25-17+/t26-,27+,28-,29-,30?,31?,32?,33?,34?,35?,36?,37-,38+/m0/s1. The zero-order chi connectivity index (χ0) is 33.1. The average molecular weight is 643 g/mol. The number of aliphatic hydroxyl groups is 2. The molecule has 0 aliphatic carbocycles. The van der Waals surface area contributed by atoms with E-state index in [0.717, 1.165) is 62.4 Å². The van der Waals surface area contributed by atoms with Crippen molar-refractivity contribution in [1.82, 2.24) is 0 Å². The Balaban J connectivity index is 1.24. The summed E-state index contributed by atoms with van der Waals surface area (Å²) in [6.07, 6.45) is 16.2. The molecule has 7 unspecified atom stereocenters. The van der Waals surface area contributed by atoms with Gasteiger partial charge in [0.2, 0.25) is 0 Å². The summed E-state index contributed by atoms with van der Waals surface area (Å²) in [6.45, 7) is 13.9. The van der Waals surface area contributed by atoms with E-state index in [2.05, 4.69) is 32.6 Å². The minimum absolute atomic E-state index is 0.0429. The van der Waals surface area contributed by atoms with Crippen LogP contribution in [0.2, 0.25) is 0 Å². The van der Waals surface area contributed by atoms with Gasteiger partial charge >= 0.3 is 0 Å². The number of hydrogen-bond acceptors (Lipinski definition) is 8. The van der Waals surface area contributed by atoms with Crippen LogP contribution in [0.25, 0.3) is 0 Å². The normalized spacial score (nSPS) is 45.3. The third-order valence-electron chi connectivity index (χ3n) is 11.2. The lowest BCUT2D eigenvalue weighted by Gasteiger charge is -2.47. The van der Waals surface area contributed by atoms with Gasteiger partial charge in [0.1, 0.15) is 12.4 Å². The van der Waals surface area contributed by atoms with Crippen LogP contribution >= 0.6 is 0 Å². The Hall–Kier alpha value is -1.65. The number of carbonyl (C=O) groups excluding carboxylic acids is 1. The second-order valence-corrected chi connectivity index (χ2v) is 15.2. The highest BCUT2D eigenvalue weighted by Crippen LogP contribution is 2.46. The molecule has 5 saturated heterocycles. The van der Waals surface area contributed by atoms with Crippen molar-refractivity contribution in [3.05, 3.63) is 48.1 Å². The molecule has 0 amide bonds. The molecule has 46 heavy (non-hydrogen) atoms. The van der Waals surface area contributed by atoms with Gasteiger partial charge in [-0.3, -0.25) is 4.79 Å². The minimum Gasteiger partial charge on any atom is -0.390 e. The van der Waals surface area contributed by atoms with Gasteiger partial charge in [0.15, 0.2) is 0 Å². The van der Waals surface area contributed by atoms with E-state index in [-0.39, 0.29) is 48.8 Å². The largest absolute Gasteiger partial charge is 0.390 e. The predicted molar refractivity (Wildman–Crippen MR) is 177 cm³/mol. The molecule has 0 aromatic heterocycles. The molecule has 8 nitrogen and oxygen atoms in total. The third kappa shape index (κ3) is 8.49. The molecule has 0 radical (unpaired) electrons. The van der Waals surface area contributed by atoms with Crippen LogP contribution in [0.15, 0.2) is 48.1 Å². The summed E-state index contributed by atoms with van der Waals surface area (Å²) in [5, 5.41) is 22.9. The van der Waals surface area contributed by atoms with Gasteiger partial charge in [-0.15, -0.1) is 0 Å². The summed E-state index contributed by atoms with van der Waals surface area (Å²) in [5.41, 5.74) is 0.579. The molecular weight excluding hydrogens is 584 g/mol. The summed E-state index contributed by atoms with van der Waals surface area (Å²) >= 11 is 0. The summed E-state index contributed by atoms with van der Waals surface area (Å²) in [7, 11) is 0. The van der Waals surface area contributed by atoms with Crippen LogP contribution in [0.4, 0.5) is 0 Å². The van der Waals surface area contributed by atoms with Gasteiger partial charge in [-0.1, -0.05) is 43.4 Å². The molecule has 8 heteroatoms. The van der Waals surface area contributed by atoms with E-state index in [1.165, 1.54) is 0 Å². The molecule has 5 fully saturated rings. The molecule has 0 aromatic carbocycles. The highest BCUT2D eigenvalue weighted by molar-refractivity contribution is 5.67. The molecule has 2 N–H and O–H groups in total. The predicted octanol–water partition coefficient (Wildman–Crippen LogP) is 6.09. The smallest absolute Gasteiger partial charge is 0.143 e. The SMILES string of the molecule is C=C/C=C/CC[C@@H]1C[C@](C)(O)CC2OC3CC4OC5C[C@H](C)[C@H](CC/C=C(C)/C(C)=C/C=O)O[C@]5(C)C[C@H](O)C4OC3CCC2O1. The zero-order valence-electron chi connectivity index (χ0n) is 28.6. The van der Waals surface area contributed by atoms with Crippen LogP contribution in [0, 0.1) is 5.92 Å². The average Bonchev–Trinajstić information content (AvgIpc) is 3.27. The number of aldehydes is 1. The van der Waals surface area contributed by atoms with Gasteiger partial charge in [0.25, 0.3) is 0 Å². The maximum atomic E-state index is 11.6. The van der Waals surface area contributed by atoms with E-state index >= 15 is 0 Å². The topological polar surface area (TPSA) is 104 Å². The van der Waals surface area contributed by atoms with Crippen molar-refractivity contribution in [1.29, 1.82) is 0 Å². The lowest BCUT2D eigenvalue weighted by Crippen LogP contribution is -2.54. The summed E-state index contributed by atoms with van der Waals surface area (Å²) in [5.74, 6) is 0.296. The van der Waals surface area contributed by atoms with Crippen LogP contribution in [0.1, 0.15) is 105 Å². The maximum Gasteiger partial charge on any atom is 0.143 e.